The summed E-state index contributed by atoms with van der Waals surface area (Å²) in [5, 5.41) is 8.53. The lowest BCUT2D eigenvalue weighted by Crippen LogP contribution is -2.38. The first-order valence-electron chi connectivity index (χ1n) is 13.1. The smallest absolute Gasteiger partial charge is 0.416 e. The van der Waals surface area contributed by atoms with Crippen LogP contribution in [0, 0.1) is 6.92 Å². The van der Waals surface area contributed by atoms with Gasteiger partial charge in [0.05, 0.1) is 16.3 Å². The number of benzene rings is 1. The molecule has 4 heterocycles. The number of ether oxygens (including phenoxy) is 1. The van der Waals surface area contributed by atoms with Crippen LogP contribution in [0.1, 0.15) is 37.9 Å². The summed E-state index contributed by atoms with van der Waals surface area (Å²) in [6.45, 7) is 12.3. The fourth-order valence-corrected chi connectivity index (χ4v) is 5.21. The Labute approximate surface area is 245 Å². The van der Waals surface area contributed by atoms with Gasteiger partial charge in [0.2, 0.25) is 5.88 Å². The molecule has 1 fully saturated rings. The summed E-state index contributed by atoms with van der Waals surface area (Å²) in [5.74, 6) is 0.890. The third-order valence-corrected chi connectivity index (χ3v) is 7.44. The summed E-state index contributed by atoms with van der Waals surface area (Å²) in [5.41, 5.74) is 1.71. The molecule has 3 aromatic heterocycles. The van der Waals surface area contributed by atoms with Gasteiger partial charge in [0, 0.05) is 42.5 Å². The average molecular weight is 606 g/mol. The molecule has 4 aromatic rings. The SMILES string of the molecule is C=CC.CCN1CCC(Oc2nc(-c3ccc(NSc4cc(C(F)(F)F)ccn4)c(Cl)c3)nc3n[nH]c(C)c23)CC1. The van der Waals surface area contributed by atoms with E-state index in [2.05, 4.69) is 43.3 Å². The Morgan fingerprint density at radius 2 is 1.95 bits per heavy atom. The summed E-state index contributed by atoms with van der Waals surface area (Å²) >= 11 is 7.44. The van der Waals surface area contributed by atoms with E-state index in [9.17, 15) is 13.2 Å². The number of alkyl halides is 3. The molecule has 0 bridgehead atoms. The van der Waals surface area contributed by atoms with E-state index in [1.165, 1.54) is 0 Å². The molecule has 1 saturated heterocycles. The van der Waals surface area contributed by atoms with E-state index in [1.54, 1.807) is 24.3 Å². The molecular weight excluding hydrogens is 575 g/mol. The highest BCUT2D eigenvalue weighted by Crippen LogP contribution is 2.35. The van der Waals surface area contributed by atoms with Crippen molar-refractivity contribution >= 4 is 40.3 Å². The maximum atomic E-state index is 13.0. The Morgan fingerprint density at radius 3 is 2.61 bits per heavy atom. The van der Waals surface area contributed by atoms with E-state index in [1.807, 2.05) is 13.8 Å². The second kappa shape index (κ2) is 13.5. The number of hydrogen-bond donors (Lipinski definition) is 2. The van der Waals surface area contributed by atoms with E-state index >= 15 is 0 Å². The van der Waals surface area contributed by atoms with Crippen molar-refractivity contribution in [2.24, 2.45) is 0 Å². The minimum atomic E-state index is -4.44. The molecule has 0 spiro atoms. The number of nitrogens with zero attached hydrogens (tertiary/aromatic N) is 5. The molecule has 0 atom stereocenters. The fourth-order valence-electron chi connectivity index (χ4n) is 4.23. The molecule has 0 radical (unpaired) electrons. The number of piperidine rings is 1. The molecule has 0 saturated carbocycles. The number of aromatic nitrogens is 5. The van der Waals surface area contributed by atoms with Gasteiger partial charge in [0.15, 0.2) is 11.5 Å². The molecule has 1 aliphatic heterocycles. The van der Waals surface area contributed by atoms with E-state index in [4.69, 9.17) is 21.3 Å². The molecular formula is C28H31ClF3N7OS. The minimum Gasteiger partial charge on any atom is -0.474 e. The van der Waals surface area contributed by atoms with Gasteiger partial charge < -0.3 is 14.4 Å². The summed E-state index contributed by atoms with van der Waals surface area (Å²) in [7, 11) is 0. The third kappa shape index (κ3) is 7.69. The molecule has 13 heteroatoms. The first-order valence-corrected chi connectivity index (χ1v) is 14.3. The average Bonchev–Trinajstić information content (AvgIpc) is 3.33. The zero-order chi connectivity index (χ0) is 29.6. The lowest BCUT2D eigenvalue weighted by Gasteiger charge is -2.31. The Kier molecular flexibility index (Phi) is 10.1. The van der Waals surface area contributed by atoms with Crippen molar-refractivity contribution in [2.75, 3.05) is 24.4 Å². The fraction of sp³-hybridized carbons (Fsp3) is 0.357. The quantitative estimate of drug-likeness (QED) is 0.165. The highest BCUT2D eigenvalue weighted by Gasteiger charge is 2.30. The lowest BCUT2D eigenvalue weighted by molar-refractivity contribution is -0.137. The summed E-state index contributed by atoms with van der Waals surface area (Å²) in [6, 6.07) is 7.08. The molecule has 218 valence electrons. The second-order valence-electron chi connectivity index (χ2n) is 9.34. The van der Waals surface area contributed by atoms with E-state index in [0.717, 1.165) is 73.8 Å². The van der Waals surface area contributed by atoms with E-state index in [-0.39, 0.29) is 11.1 Å². The maximum Gasteiger partial charge on any atom is 0.416 e. The molecule has 2 N–H and O–H groups in total. The lowest BCUT2D eigenvalue weighted by atomic mass is 10.1. The topological polar surface area (TPSA) is 91.8 Å². The maximum absolute atomic E-state index is 13.0. The van der Waals surface area contributed by atoms with Crippen molar-refractivity contribution < 1.29 is 17.9 Å². The van der Waals surface area contributed by atoms with Gasteiger partial charge in [-0.25, -0.2) is 9.97 Å². The van der Waals surface area contributed by atoms with Crippen LogP contribution in [-0.2, 0) is 6.18 Å². The molecule has 0 unspecified atom stereocenters. The van der Waals surface area contributed by atoms with Gasteiger partial charge in [-0.05, 0) is 63.6 Å². The Balaban J connectivity index is 0.00000124. The largest absolute Gasteiger partial charge is 0.474 e. The molecule has 0 aliphatic carbocycles. The summed E-state index contributed by atoms with van der Waals surface area (Å²) < 4.78 is 48.3. The normalized spacial score (nSPS) is 14.4. The Morgan fingerprint density at radius 1 is 1.22 bits per heavy atom. The number of H-pyrrole nitrogens is 1. The standard InChI is InChI=1S/C25H25ClF3N7OS.C3H6/c1-3-36-10-7-17(8-11-36)37-24-21-14(2)33-34-23(21)31-22(32-24)15-4-5-19(18(26)12-15)35-38-20-13-16(6-9-30-20)25(27,28)29;1-3-2/h4-6,9,12-13,17,35H,3,7-8,10-11H2,1-2H3,(H,31,32,33,34);3H,1H2,2H3. The number of anilines is 1. The zero-order valence-electron chi connectivity index (χ0n) is 22.9. The van der Waals surface area contributed by atoms with Crippen molar-refractivity contribution in [1.82, 2.24) is 30.0 Å². The van der Waals surface area contributed by atoms with Crippen LogP contribution in [0.5, 0.6) is 5.88 Å². The number of likely N-dealkylation sites (tertiary alicyclic amines) is 1. The predicted molar refractivity (Wildman–Crippen MR) is 157 cm³/mol. The number of hydrogen-bond acceptors (Lipinski definition) is 8. The number of aryl methyl sites for hydroxylation is 1. The number of pyridine rings is 1. The first-order chi connectivity index (χ1) is 19.6. The molecule has 1 aromatic carbocycles. The predicted octanol–water partition coefficient (Wildman–Crippen LogP) is 7.57. The third-order valence-electron chi connectivity index (χ3n) is 6.38. The van der Waals surface area contributed by atoms with Crippen molar-refractivity contribution in [2.45, 2.75) is 50.9 Å². The van der Waals surface area contributed by atoms with Gasteiger partial charge in [-0.15, -0.1) is 6.58 Å². The highest BCUT2D eigenvalue weighted by atomic mass is 35.5. The number of nitrogens with one attached hydrogen (secondary N) is 2. The molecule has 5 rings (SSSR count). The Bertz CT molecular complexity index is 1490. The van der Waals surface area contributed by atoms with Crippen LogP contribution >= 0.6 is 23.5 Å². The second-order valence-corrected chi connectivity index (χ2v) is 10.6. The number of allylic oxidation sites excluding steroid dienone is 1. The van der Waals surface area contributed by atoms with E-state index < -0.39 is 11.7 Å². The van der Waals surface area contributed by atoms with Crippen molar-refractivity contribution in [3.8, 4) is 17.3 Å². The van der Waals surface area contributed by atoms with Crippen LogP contribution in [0.3, 0.4) is 0 Å². The number of halogens is 4. The van der Waals surface area contributed by atoms with Crippen molar-refractivity contribution in [1.29, 1.82) is 0 Å². The summed E-state index contributed by atoms with van der Waals surface area (Å²) in [6.07, 6.45) is 0.302. The molecule has 8 nitrogen and oxygen atoms in total. The van der Waals surface area contributed by atoms with Gasteiger partial charge in [-0.2, -0.15) is 23.3 Å². The van der Waals surface area contributed by atoms with Crippen LogP contribution in [0.15, 0.2) is 54.2 Å². The minimum absolute atomic E-state index is 0.0506. The van der Waals surface area contributed by atoms with Gasteiger partial charge in [0.1, 0.15) is 16.5 Å². The first kappa shape index (κ1) is 30.6. The van der Waals surface area contributed by atoms with Gasteiger partial charge in [-0.1, -0.05) is 24.6 Å². The van der Waals surface area contributed by atoms with Crippen LogP contribution in [0.25, 0.3) is 22.4 Å². The van der Waals surface area contributed by atoms with E-state index in [0.29, 0.717) is 33.6 Å². The molecule has 0 amide bonds. The van der Waals surface area contributed by atoms with Crippen molar-refractivity contribution in [3.63, 3.8) is 0 Å². The highest BCUT2D eigenvalue weighted by molar-refractivity contribution is 8.00. The number of fused-ring (bicyclic) bond motifs is 1. The Hall–Kier alpha value is -3.35. The number of aromatic amines is 1. The van der Waals surface area contributed by atoms with Gasteiger partial charge in [0.25, 0.3) is 0 Å². The van der Waals surface area contributed by atoms with Gasteiger partial charge >= 0.3 is 6.18 Å². The van der Waals surface area contributed by atoms with Crippen LogP contribution in [0.2, 0.25) is 5.02 Å². The zero-order valence-corrected chi connectivity index (χ0v) is 24.5. The van der Waals surface area contributed by atoms with Crippen LogP contribution < -0.4 is 9.46 Å². The van der Waals surface area contributed by atoms with Crippen LogP contribution in [0.4, 0.5) is 18.9 Å². The summed E-state index contributed by atoms with van der Waals surface area (Å²) in [4.78, 5) is 15.7. The number of rotatable bonds is 7. The van der Waals surface area contributed by atoms with Crippen LogP contribution in [-0.4, -0.2) is 55.8 Å². The molecule has 1 aliphatic rings. The molecule has 41 heavy (non-hydrogen) atoms. The monoisotopic (exact) mass is 605 g/mol. The van der Waals surface area contributed by atoms with Gasteiger partial charge in [-0.3, -0.25) is 5.10 Å². The van der Waals surface area contributed by atoms with Crippen molar-refractivity contribution in [3.05, 3.63) is 65.5 Å².